The van der Waals surface area contributed by atoms with Gasteiger partial charge in [0.25, 0.3) is 0 Å². The average molecular weight is 276 g/mol. The molecule has 2 heterocycles. The molecule has 4 nitrogen and oxygen atoms in total. The Labute approximate surface area is 117 Å². The van der Waals surface area contributed by atoms with Crippen LogP contribution in [0.5, 0.6) is 0 Å². The third-order valence-electron chi connectivity index (χ3n) is 3.62. The Morgan fingerprint density at radius 3 is 2.95 bits per heavy atom. The van der Waals surface area contributed by atoms with Crippen molar-refractivity contribution in [3.05, 3.63) is 28.5 Å². The van der Waals surface area contributed by atoms with E-state index in [1.807, 2.05) is 18.5 Å². The van der Waals surface area contributed by atoms with Gasteiger partial charge in [0.2, 0.25) is 5.95 Å². The van der Waals surface area contributed by atoms with E-state index >= 15 is 0 Å². The molecule has 2 aromatic heterocycles. The summed E-state index contributed by atoms with van der Waals surface area (Å²) in [5.41, 5.74) is 1.06. The molecule has 0 unspecified atom stereocenters. The second-order valence-electron chi connectivity index (χ2n) is 5.24. The summed E-state index contributed by atoms with van der Waals surface area (Å²) < 4.78 is 2.18. The van der Waals surface area contributed by atoms with Crippen LogP contribution in [0.3, 0.4) is 0 Å². The van der Waals surface area contributed by atoms with Crippen LogP contribution >= 0.6 is 11.3 Å². The van der Waals surface area contributed by atoms with E-state index in [1.165, 1.54) is 32.1 Å². The fourth-order valence-electron chi connectivity index (χ4n) is 2.69. The van der Waals surface area contributed by atoms with E-state index in [4.69, 9.17) is 0 Å². The Morgan fingerprint density at radius 1 is 1.37 bits per heavy atom. The number of anilines is 1. The lowest BCUT2D eigenvalue weighted by Gasteiger charge is -2.23. The SMILES string of the molecule is Cc1cn(Cc2nccs2)c(NC2CCCCC2)n1. The monoisotopic (exact) mass is 276 g/mol. The first-order valence-electron chi connectivity index (χ1n) is 7.00. The van der Waals surface area contributed by atoms with Gasteiger partial charge < -0.3 is 9.88 Å². The number of hydrogen-bond donors (Lipinski definition) is 1. The molecule has 0 atom stereocenters. The zero-order valence-corrected chi connectivity index (χ0v) is 12.1. The Bertz CT molecular complexity index is 512. The van der Waals surface area contributed by atoms with E-state index in [2.05, 4.69) is 26.0 Å². The summed E-state index contributed by atoms with van der Waals surface area (Å²) >= 11 is 1.69. The minimum atomic E-state index is 0.589. The van der Waals surface area contributed by atoms with Crippen molar-refractivity contribution in [1.29, 1.82) is 0 Å². The van der Waals surface area contributed by atoms with Gasteiger partial charge in [0.15, 0.2) is 0 Å². The lowest BCUT2D eigenvalue weighted by Crippen LogP contribution is -2.24. The maximum absolute atomic E-state index is 4.61. The lowest BCUT2D eigenvalue weighted by molar-refractivity contribution is 0.459. The summed E-state index contributed by atoms with van der Waals surface area (Å²) in [5, 5.41) is 6.76. The zero-order valence-electron chi connectivity index (χ0n) is 11.3. The first-order chi connectivity index (χ1) is 9.31. The zero-order chi connectivity index (χ0) is 13.1. The molecule has 0 bridgehead atoms. The molecule has 1 aliphatic carbocycles. The molecule has 0 amide bonds. The van der Waals surface area contributed by atoms with Crippen LogP contribution in [0.1, 0.15) is 42.8 Å². The van der Waals surface area contributed by atoms with Crippen molar-refractivity contribution < 1.29 is 0 Å². The molecule has 0 radical (unpaired) electrons. The Morgan fingerprint density at radius 2 is 2.21 bits per heavy atom. The Balaban J connectivity index is 1.73. The molecule has 0 aliphatic heterocycles. The topological polar surface area (TPSA) is 42.7 Å². The molecule has 2 aromatic rings. The van der Waals surface area contributed by atoms with Crippen LogP contribution in [0.4, 0.5) is 5.95 Å². The van der Waals surface area contributed by atoms with Crippen molar-refractivity contribution in [2.75, 3.05) is 5.32 Å². The number of aryl methyl sites for hydroxylation is 1. The molecule has 1 N–H and O–H groups in total. The van der Waals surface area contributed by atoms with Gasteiger partial charge in [-0.2, -0.15) is 0 Å². The van der Waals surface area contributed by atoms with Gasteiger partial charge in [-0.25, -0.2) is 9.97 Å². The molecule has 1 fully saturated rings. The van der Waals surface area contributed by atoms with E-state index in [1.54, 1.807) is 11.3 Å². The summed E-state index contributed by atoms with van der Waals surface area (Å²) in [6.07, 6.45) is 10.6. The van der Waals surface area contributed by atoms with E-state index in [0.717, 1.165) is 23.2 Å². The van der Waals surface area contributed by atoms with Gasteiger partial charge in [-0.15, -0.1) is 11.3 Å². The molecule has 19 heavy (non-hydrogen) atoms. The first-order valence-corrected chi connectivity index (χ1v) is 7.88. The Hall–Kier alpha value is -1.36. The molecule has 0 aromatic carbocycles. The van der Waals surface area contributed by atoms with E-state index in [9.17, 15) is 0 Å². The maximum Gasteiger partial charge on any atom is 0.203 e. The molecule has 1 saturated carbocycles. The van der Waals surface area contributed by atoms with Gasteiger partial charge in [-0.05, 0) is 19.8 Å². The van der Waals surface area contributed by atoms with Crippen molar-refractivity contribution in [3.63, 3.8) is 0 Å². The predicted molar refractivity (Wildman–Crippen MR) is 78.7 cm³/mol. The highest BCUT2D eigenvalue weighted by Gasteiger charge is 2.16. The van der Waals surface area contributed by atoms with Gasteiger partial charge in [0.1, 0.15) is 5.01 Å². The average Bonchev–Trinajstić information content (AvgIpc) is 3.02. The van der Waals surface area contributed by atoms with Gasteiger partial charge in [0.05, 0.1) is 12.2 Å². The summed E-state index contributed by atoms with van der Waals surface area (Å²) in [6, 6.07) is 0.589. The number of thiazole rings is 1. The van der Waals surface area contributed by atoms with Crippen LogP contribution in [0.15, 0.2) is 17.8 Å². The van der Waals surface area contributed by atoms with Crippen molar-refractivity contribution in [1.82, 2.24) is 14.5 Å². The second kappa shape index (κ2) is 5.74. The summed E-state index contributed by atoms with van der Waals surface area (Å²) in [6.45, 7) is 2.86. The van der Waals surface area contributed by atoms with E-state index in [-0.39, 0.29) is 0 Å². The largest absolute Gasteiger partial charge is 0.353 e. The maximum atomic E-state index is 4.61. The van der Waals surface area contributed by atoms with Crippen LogP contribution in [0, 0.1) is 6.92 Å². The number of rotatable bonds is 4. The van der Waals surface area contributed by atoms with Crippen LogP contribution in [0.2, 0.25) is 0 Å². The van der Waals surface area contributed by atoms with Gasteiger partial charge in [0, 0.05) is 23.8 Å². The molecule has 102 valence electrons. The highest BCUT2D eigenvalue weighted by Crippen LogP contribution is 2.22. The van der Waals surface area contributed by atoms with Crippen molar-refractivity contribution >= 4 is 17.3 Å². The number of nitrogens with one attached hydrogen (secondary N) is 1. The second-order valence-corrected chi connectivity index (χ2v) is 6.22. The number of nitrogens with zero attached hydrogens (tertiary/aromatic N) is 3. The number of imidazole rings is 1. The normalized spacial score (nSPS) is 16.7. The predicted octanol–water partition coefficient (Wildman–Crippen LogP) is 3.44. The van der Waals surface area contributed by atoms with Crippen LogP contribution in [0.25, 0.3) is 0 Å². The summed E-state index contributed by atoms with van der Waals surface area (Å²) in [4.78, 5) is 8.96. The van der Waals surface area contributed by atoms with Crippen LogP contribution in [-0.2, 0) is 6.54 Å². The van der Waals surface area contributed by atoms with E-state index in [0.29, 0.717) is 6.04 Å². The summed E-state index contributed by atoms with van der Waals surface area (Å²) in [7, 11) is 0. The van der Waals surface area contributed by atoms with E-state index < -0.39 is 0 Å². The minimum Gasteiger partial charge on any atom is -0.353 e. The number of aromatic nitrogens is 3. The van der Waals surface area contributed by atoms with Crippen LogP contribution in [-0.4, -0.2) is 20.6 Å². The van der Waals surface area contributed by atoms with Gasteiger partial charge >= 0.3 is 0 Å². The first kappa shape index (κ1) is 12.7. The van der Waals surface area contributed by atoms with Gasteiger partial charge in [-0.1, -0.05) is 19.3 Å². The Kier molecular flexibility index (Phi) is 3.82. The smallest absolute Gasteiger partial charge is 0.203 e. The summed E-state index contributed by atoms with van der Waals surface area (Å²) in [5.74, 6) is 1.000. The third-order valence-corrected chi connectivity index (χ3v) is 4.39. The van der Waals surface area contributed by atoms with Crippen molar-refractivity contribution in [2.24, 2.45) is 0 Å². The molecule has 0 saturated heterocycles. The molecular weight excluding hydrogens is 256 g/mol. The molecule has 3 rings (SSSR count). The molecule has 5 heteroatoms. The highest BCUT2D eigenvalue weighted by molar-refractivity contribution is 7.09. The third kappa shape index (κ3) is 3.15. The van der Waals surface area contributed by atoms with Gasteiger partial charge in [-0.3, -0.25) is 0 Å². The lowest BCUT2D eigenvalue weighted by atomic mass is 9.96. The molecule has 0 spiro atoms. The minimum absolute atomic E-state index is 0.589. The highest BCUT2D eigenvalue weighted by atomic mass is 32.1. The standard InChI is InChI=1S/C14H20N4S/c1-11-9-18(10-13-15-7-8-19-13)14(16-11)17-12-5-3-2-4-6-12/h7-9,12H,2-6,10H2,1H3,(H,16,17). The fourth-order valence-corrected chi connectivity index (χ4v) is 3.30. The van der Waals surface area contributed by atoms with Crippen LogP contribution < -0.4 is 5.32 Å². The quantitative estimate of drug-likeness (QED) is 0.930. The fraction of sp³-hybridized carbons (Fsp3) is 0.571. The van der Waals surface area contributed by atoms with Crippen molar-refractivity contribution in [2.45, 2.75) is 51.6 Å². The molecule has 1 aliphatic rings. The number of hydrogen-bond acceptors (Lipinski definition) is 4. The molecular formula is C14H20N4S. The van der Waals surface area contributed by atoms with Crippen molar-refractivity contribution in [3.8, 4) is 0 Å².